The number of nitrogens with one attached hydrogen (secondary N) is 1. The Kier molecular flexibility index (Phi) is 5.63. The van der Waals surface area contributed by atoms with Gasteiger partial charge in [-0.25, -0.2) is 0 Å². The predicted molar refractivity (Wildman–Crippen MR) is 90.0 cm³/mol. The fourth-order valence-electron chi connectivity index (χ4n) is 3.89. The second kappa shape index (κ2) is 7.89. The van der Waals surface area contributed by atoms with Gasteiger partial charge >= 0.3 is 0 Å². The number of ketones is 1. The van der Waals surface area contributed by atoms with Gasteiger partial charge in [0.25, 0.3) is 0 Å². The number of benzene rings is 1. The molecular weight excluding hydrogens is 272 g/mol. The third-order valence-electron chi connectivity index (χ3n) is 5.24. The summed E-state index contributed by atoms with van der Waals surface area (Å²) in [5.74, 6) is 0.745. The molecule has 2 aliphatic heterocycles. The number of carbonyl (C=O) groups excluding carboxylic acids is 1. The highest BCUT2D eigenvalue weighted by molar-refractivity contribution is 5.81. The van der Waals surface area contributed by atoms with Crippen LogP contribution in [-0.2, 0) is 11.2 Å². The maximum absolute atomic E-state index is 12.6. The first-order chi connectivity index (χ1) is 10.8. The molecule has 2 saturated heterocycles. The van der Waals surface area contributed by atoms with Crippen molar-refractivity contribution in [3.8, 4) is 0 Å². The summed E-state index contributed by atoms with van der Waals surface area (Å²) in [6.45, 7) is 4.45. The summed E-state index contributed by atoms with van der Waals surface area (Å²) < 4.78 is 0. The van der Waals surface area contributed by atoms with Crippen LogP contribution in [0.4, 0.5) is 0 Å². The molecule has 0 aliphatic carbocycles. The van der Waals surface area contributed by atoms with Crippen molar-refractivity contribution in [3.05, 3.63) is 35.9 Å². The maximum Gasteiger partial charge on any atom is 0.137 e. The zero-order chi connectivity index (χ0) is 15.2. The van der Waals surface area contributed by atoms with Crippen molar-refractivity contribution < 1.29 is 4.79 Å². The highest BCUT2D eigenvalue weighted by Crippen LogP contribution is 2.24. The number of Topliss-reactive ketones (excluding diaryl/α,β-unsaturated/α-hetero) is 1. The molecule has 1 aromatic carbocycles. The van der Waals surface area contributed by atoms with E-state index in [9.17, 15) is 4.79 Å². The lowest BCUT2D eigenvalue weighted by atomic mass is 9.89. The minimum absolute atomic E-state index is 0.271. The minimum Gasteiger partial charge on any atom is -0.317 e. The molecule has 1 atom stereocenters. The van der Waals surface area contributed by atoms with Gasteiger partial charge in [0.15, 0.2) is 0 Å². The first-order valence-corrected chi connectivity index (χ1v) is 8.84. The van der Waals surface area contributed by atoms with Gasteiger partial charge in [-0.05, 0) is 57.3 Å². The second-order valence-corrected chi connectivity index (χ2v) is 6.77. The van der Waals surface area contributed by atoms with Gasteiger partial charge in [0.2, 0.25) is 0 Å². The largest absolute Gasteiger partial charge is 0.317 e. The van der Waals surface area contributed by atoms with E-state index in [4.69, 9.17) is 0 Å². The number of nitrogens with zero attached hydrogens (tertiary/aromatic N) is 1. The first kappa shape index (κ1) is 15.7. The molecule has 2 heterocycles. The molecule has 3 heteroatoms. The molecule has 0 radical (unpaired) electrons. The molecule has 3 rings (SSSR count). The van der Waals surface area contributed by atoms with Crippen LogP contribution in [0.1, 0.15) is 37.7 Å². The predicted octanol–water partition coefficient (Wildman–Crippen LogP) is 2.65. The molecule has 2 fully saturated rings. The number of hydrogen-bond donors (Lipinski definition) is 1. The van der Waals surface area contributed by atoms with Crippen molar-refractivity contribution >= 4 is 5.78 Å². The summed E-state index contributed by atoms with van der Waals surface area (Å²) in [7, 11) is 0. The van der Waals surface area contributed by atoms with Gasteiger partial charge in [-0.3, -0.25) is 9.69 Å². The van der Waals surface area contributed by atoms with Crippen molar-refractivity contribution in [1.82, 2.24) is 10.2 Å². The number of rotatable bonds is 5. The highest BCUT2D eigenvalue weighted by atomic mass is 16.1. The zero-order valence-electron chi connectivity index (χ0n) is 13.5. The molecule has 0 amide bonds. The van der Waals surface area contributed by atoms with Crippen LogP contribution in [0, 0.1) is 5.92 Å². The van der Waals surface area contributed by atoms with Crippen molar-refractivity contribution in [2.24, 2.45) is 5.92 Å². The van der Waals surface area contributed by atoms with E-state index in [1.165, 1.54) is 31.4 Å². The van der Waals surface area contributed by atoms with Crippen LogP contribution in [0.2, 0.25) is 0 Å². The Morgan fingerprint density at radius 1 is 1.14 bits per heavy atom. The van der Waals surface area contributed by atoms with Gasteiger partial charge in [-0.15, -0.1) is 0 Å². The van der Waals surface area contributed by atoms with Crippen LogP contribution in [0.15, 0.2) is 30.3 Å². The molecular formula is C19H28N2O. The molecule has 0 bridgehead atoms. The van der Waals surface area contributed by atoms with Crippen molar-refractivity contribution in [2.75, 3.05) is 26.2 Å². The Balaban J connectivity index is 1.49. The molecule has 120 valence electrons. The molecule has 0 spiro atoms. The maximum atomic E-state index is 12.6. The van der Waals surface area contributed by atoms with Gasteiger partial charge in [0.1, 0.15) is 5.78 Å². The Hall–Kier alpha value is -1.19. The Bertz CT molecular complexity index is 468. The molecule has 2 aliphatic rings. The summed E-state index contributed by atoms with van der Waals surface area (Å²) >= 11 is 0. The van der Waals surface area contributed by atoms with Crippen LogP contribution < -0.4 is 5.32 Å². The van der Waals surface area contributed by atoms with E-state index in [2.05, 4.69) is 34.5 Å². The van der Waals surface area contributed by atoms with E-state index in [1.54, 1.807) is 0 Å². The Morgan fingerprint density at radius 2 is 1.91 bits per heavy atom. The molecule has 0 unspecified atom stereocenters. The fourth-order valence-corrected chi connectivity index (χ4v) is 3.89. The number of aryl methyl sites for hydroxylation is 1. The zero-order valence-corrected chi connectivity index (χ0v) is 13.5. The lowest BCUT2D eigenvalue weighted by Gasteiger charge is -2.39. The lowest BCUT2D eigenvalue weighted by molar-refractivity contribution is -0.124. The number of piperidine rings is 2. The standard InChI is InChI=1S/C19H28N2O/c22-19(9-8-16-5-2-1-3-6-16)17-7-4-14-21(15-17)18-10-12-20-13-11-18/h1-3,5-6,17-18,20H,4,7-15H2/t17-/m1/s1. The van der Waals surface area contributed by atoms with Gasteiger partial charge in [0, 0.05) is 24.9 Å². The van der Waals surface area contributed by atoms with E-state index in [-0.39, 0.29) is 5.92 Å². The number of carbonyl (C=O) groups is 1. The van der Waals surface area contributed by atoms with Crippen LogP contribution in [-0.4, -0.2) is 42.9 Å². The Morgan fingerprint density at radius 3 is 2.68 bits per heavy atom. The molecule has 22 heavy (non-hydrogen) atoms. The van der Waals surface area contributed by atoms with Crippen LogP contribution in [0.3, 0.4) is 0 Å². The molecule has 1 aromatic rings. The fraction of sp³-hybridized carbons (Fsp3) is 0.632. The SMILES string of the molecule is O=C(CCc1ccccc1)[C@@H]1CCCN(C2CCNCC2)C1. The highest BCUT2D eigenvalue weighted by Gasteiger charge is 2.29. The Labute approximate surface area is 134 Å². The molecule has 0 aromatic heterocycles. The van der Waals surface area contributed by atoms with Crippen molar-refractivity contribution in [3.63, 3.8) is 0 Å². The normalized spacial score (nSPS) is 24.3. The van der Waals surface area contributed by atoms with Crippen molar-refractivity contribution in [2.45, 2.75) is 44.6 Å². The summed E-state index contributed by atoms with van der Waals surface area (Å²) in [6, 6.07) is 11.1. The van der Waals surface area contributed by atoms with E-state index >= 15 is 0 Å². The first-order valence-electron chi connectivity index (χ1n) is 8.84. The van der Waals surface area contributed by atoms with Gasteiger partial charge in [-0.1, -0.05) is 30.3 Å². The molecule has 3 nitrogen and oxygen atoms in total. The number of likely N-dealkylation sites (tertiary alicyclic amines) is 1. The van der Waals surface area contributed by atoms with E-state index in [0.717, 1.165) is 32.5 Å². The monoisotopic (exact) mass is 300 g/mol. The van der Waals surface area contributed by atoms with Crippen LogP contribution in [0.25, 0.3) is 0 Å². The summed E-state index contributed by atoms with van der Waals surface area (Å²) in [5.41, 5.74) is 1.28. The lowest BCUT2D eigenvalue weighted by Crippen LogP contribution is -2.48. The van der Waals surface area contributed by atoms with Gasteiger partial charge < -0.3 is 5.32 Å². The van der Waals surface area contributed by atoms with Gasteiger partial charge in [-0.2, -0.15) is 0 Å². The van der Waals surface area contributed by atoms with E-state index in [0.29, 0.717) is 18.2 Å². The smallest absolute Gasteiger partial charge is 0.137 e. The summed E-state index contributed by atoms with van der Waals surface area (Å²) in [4.78, 5) is 15.2. The minimum atomic E-state index is 0.271. The second-order valence-electron chi connectivity index (χ2n) is 6.77. The third kappa shape index (κ3) is 4.17. The number of hydrogen-bond acceptors (Lipinski definition) is 3. The van der Waals surface area contributed by atoms with E-state index in [1.807, 2.05) is 6.07 Å². The molecule has 1 N–H and O–H groups in total. The third-order valence-corrected chi connectivity index (χ3v) is 5.24. The average molecular weight is 300 g/mol. The van der Waals surface area contributed by atoms with E-state index < -0.39 is 0 Å². The van der Waals surface area contributed by atoms with Crippen LogP contribution >= 0.6 is 0 Å². The topological polar surface area (TPSA) is 32.3 Å². The summed E-state index contributed by atoms with van der Waals surface area (Å²) in [5, 5.41) is 3.43. The molecule has 0 saturated carbocycles. The summed E-state index contributed by atoms with van der Waals surface area (Å²) in [6.07, 6.45) is 6.36. The average Bonchev–Trinajstić information content (AvgIpc) is 2.61. The van der Waals surface area contributed by atoms with Gasteiger partial charge in [0.05, 0.1) is 0 Å². The van der Waals surface area contributed by atoms with Crippen LogP contribution in [0.5, 0.6) is 0 Å². The quantitative estimate of drug-likeness (QED) is 0.907. The van der Waals surface area contributed by atoms with Crippen molar-refractivity contribution in [1.29, 1.82) is 0 Å².